The zero-order chi connectivity index (χ0) is 13.9. The number of nitrogens with zero attached hydrogens (tertiary/aromatic N) is 6. The normalized spacial score (nSPS) is 10.4. The van der Waals surface area contributed by atoms with Crippen molar-refractivity contribution in [3.05, 3.63) is 30.3 Å². The van der Waals surface area contributed by atoms with E-state index >= 15 is 0 Å². The molecule has 0 aliphatic rings. The Bertz CT molecular complexity index is 851. The van der Waals surface area contributed by atoms with Crippen molar-refractivity contribution >= 4 is 39.9 Å². The number of aromatic amines is 2. The third-order valence-corrected chi connectivity index (χ3v) is 2.66. The topological polar surface area (TPSA) is 135 Å². The predicted molar refractivity (Wildman–Crippen MR) is 72.8 cm³/mol. The monoisotopic (exact) mass is 289 g/mol. The first kappa shape index (κ1) is 12.2. The Balaban J connectivity index is 0.000000121. The lowest BCUT2D eigenvalue weighted by Gasteiger charge is -1.87. The largest absolute Gasteiger partial charge is 0.368 e. The van der Waals surface area contributed by atoms with Gasteiger partial charge in [0, 0.05) is 0 Å². The van der Waals surface area contributed by atoms with Crippen LogP contribution in [-0.2, 0) is 0 Å². The minimum absolute atomic E-state index is 0.250. The minimum Gasteiger partial charge on any atom is -0.368 e. The molecule has 0 spiro atoms. The second-order valence-electron chi connectivity index (χ2n) is 3.63. The summed E-state index contributed by atoms with van der Waals surface area (Å²) in [5.74, 6) is 0.250. The van der Waals surface area contributed by atoms with E-state index in [2.05, 4.69) is 39.9 Å². The maximum Gasteiger partial charge on any atom is 0.222 e. The van der Waals surface area contributed by atoms with Crippen LogP contribution in [-0.4, -0.2) is 39.9 Å². The quantitative estimate of drug-likeness (QED) is 0.410. The Kier molecular flexibility index (Phi) is 3.09. The lowest BCUT2D eigenvalue weighted by Crippen LogP contribution is -1.93. The zero-order valence-corrected chi connectivity index (χ0v) is 10.7. The van der Waals surface area contributed by atoms with E-state index in [1.54, 1.807) is 12.5 Å². The molecule has 0 fully saturated rings. The number of fused-ring (bicyclic) bond motifs is 2. The Hall–Kier alpha value is -2.81. The van der Waals surface area contributed by atoms with Gasteiger partial charge in [-0.1, -0.05) is 11.6 Å². The van der Waals surface area contributed by atoms with Gasteiger partial charge >= 0.3 is 0 Å². The van der Waals surface area contributed by atoms with E-state index in [1.165, 1.54) is 12.7 Å². The predicted octanol–water partition coefficient (Wildman–Crippen LogP) is 0.941. The van der Waals surface area contributed by atoms with Gasteiger partial charge in [0.25, 0.3) is 0 Å². The number of H-pyrrole nitrogens is 2. The van der Waals surface area contributed by atoms with E-state index in [-0.39, 0.29) is 5.95 Å². The average molecular weight is 290 g/mol. The molecule has 0 aliphatic carbocycles. The lowest BCUT2D eigenvalue weighted by atomic mass is 10.6. The van der Waals surface area contributed by atoms with Crippen molar-refractivity contribution < 1.29 is 0 Å². The molecule has 0 aromatic carbocycles. The minimum atomic E-state index is 0.250. The highest BCUT2D eigenvalue weighted by Crippen LogP contribution is 2.13. The van der Waals surface area contributed by atoms with E-state index in [4.69, 9.17) is 17.3 Å². The SMILES string of the molecule is Clc1ncnc2nc[nH]c12.Nc1ncc2[nH]cnc2n1. The molecule has 0 unspecified atom stereocenters. The Morgan fingerprint density at radius 1 is 0.950 bits per heavy atom. The molecule has 4 aromatic rings. The first-order valence-electron chi connectivity index (χ1n) is 5.45. The number of halogens is 1. The standard InChI is InChI=1S/C5H3ClN4.C5H5N5/c6-4-3-5(9-1-7-3)10-2-8-4;6-5-7-1-3-4(10-5)9-2-8-3/h1-2H,(H,7,8,9,10);1-2H,(H3,6,7,8,9,10). The van der Waals surface area contributed by atoms with Crippen molar-refractivity contribution in [1.82, 2.24) is 39.9 Å². The summed E-state index contributed by atoms with van der Waals surface area (Å²) in [6.07, 6.45) is 6.07. The van der Waals surface area contributed by atoms with Crippen molar-refractivity contribution in [3.63, 3.8) is 0 Å². The van der Waals surface area contributed by atoms with E-state index in [0.717, 1.165) is 5.52 Å². The molecule has 0 saturated heterocycles. The van der Waals surface area contributed by atoms with E-state index in [9.17, 15) is 0 Å². The molecule has 4 aromatic heterocycles. The van der Waals surface area contributed by atoms with Gasteiger partial charge in [-0.3, -0.25) is 0 Å². The number of imidazole rings is 2. The number of aromatic nitrogens is 8. The lowest BCUT2D eigenvalue weighted by molar-refractivity contribution is 1.20. The third-order valence-electron chi connectivity index (χ3n) is 2.37. The van der Waals surface area contributed by atoms with Gasteiger partial charge in [0.1, 0.15) is 17.4 Å². The van der Waals surface area contributed by atoms with Crippen LogP contribution < -0.4 is 5.73 Å². The Morgan fingerprint density at radius 2 is 1.75 bits per heavy atom. The summed E-state index contributed by atoms with van der Waals surface area (Å²) in [5, 5.41) is 0.405. The van der Waals surface area contributed by atoms with Crippen molar-refractivity contribution in [2.24, 2.45) is 0 Å². The van der Waals surface area contributed by atoms with Crippen LogP contribution in [0.25, 0.3) is 22.3 Å². The molecular weight excluding hydrogens is 282 g/mol. The molecule has 4 N–H and O–H groups in total. The number of anilines is 1. The van der Waals surface area contributed by atoms with Gasteiger partial charge in [0.15, 0.2) is 16.4 Å². The summed E-state index contributed by atoms with van der Waals surface area (Å²) in [5.41, 5.74) is 7.99. The van der Waals surface area contributed by atoms with Crippen molar-refractivity contribution in [2.45, 2.75) is 0 Å². The highest BCUT2D eigenvalue weighted by Gasteiger charge is 2.00. The maximum atomic E-state index is 5.68. The van der Waals surface area contributed by atoms with Gasteiger partial charge in [-0.25, -0.2) is 24.9 Å². The fourth-order valence-corrected chi connectivity index (χ4v) is 1.67. The highest BCUT2D eigenvalue weighted by atomic mass is 35.5. The molecule has 4 heterocycles. The van der Waals surface area contributed by atoms with E-state index < -0.39 is 0 Å². The van der Waals surface area contributed by atoms with Gasteiger partial charge in [0.05, 0.1) is 18.9 Å². The third kappa shape index (κ3) is 2.34. The Morgan fingerprint density at radius 3 is 2.60 bits per heavy atom. The molecule has 0 saturated carbocycles. The van der Waals surface area contributed by atoms with Crippen LogP contribution in [0.4, 0.5) is 5.95 Å². The molecule has 0 amide bonds. The van der Waals surface area contributed by atoms with Gasteiger partial charge in [-0.2, -0.15) is 4.98 Å². The van der Waals surface area contributed by atoms with Crippen LogP contribution in [0.2, 0.25) is 5.15 Å². The fourth-order valence-electron chi connectivity index (χ4n) is 1.48. The Labute approximate surface area is 116 Å². The van der Waals surface area contributed by atoms with Gasteiger partial charge in [0.2, 0.25) is 5.95 Å². The molecular formula is C10H8ClN9. The molecule has 0 radical (unpaired) electrons. The summed E-state index contributed by atoms with van der Waals surface area (Å²) in [6.45, 7) is 0. The molecule has 0 aliphatic heterocycles. The maximum absolute atomic E-state index is 5.68. The van der Waals surface area contributed by atoms with Gasteiger partial charge < -0.3 is 15.7 Å². The van der Waals surface area contributed by atoms with Crippen molar-refractivity contribution in [3.8, 4) is 0 Å². The second-order valence-corrected chi connectivity index (χ2v) is 3.99. The zero-order valence-electron chi connectivity index (χ0n) is 9.95. The molecule has 10 heteroatoms. The molecule has 4 rings (SSSR count). The van der Waals surface area contributed by atoms with E-state index in [0.29, 0.717) is 22.0 Å². The average Bonchev–Trinajstić information content (AvgIpc) is 3.07. The van der Waals surface area contributed by atoms with Gasteiger partial charge in [-0.15, -0.1) is 0 Å². The van der Waals surface area contributed by atoms with Crippen LogP contribution in [0.15, 0.2) is 25.2 Å². The molecule has 0 atom stereocenters. The number of rotatable bonds is 0. The molecule has 100 valence electrons. The smallest absolute Gasteiger partial charge is 0.222 e. The number of nitrogens with two attached hydrogens (primary N) is 1. The summed E-state index contributed by atoms with van der Waals surface area (Å²) in [6, 6.07) is 0. The number of hydrogen-bond donors (Lipinski definition) is 3. The second kappa shape index (κ2) is 5.05. The summed E-state index contributed by atoms with van der Waals surface area (Å²) in [4.78, 5) is 28.7. The van der Waals surface area contributed by atoms with Crippen molar-refractivity contribution in [2.75, 3.05) is 5.73 Å². The first-order valence-corrected chi connectivity index (χ1v) is 5.83. The van der Waals surface area contributed by atoms with Crippen LogP contribution >= 0.6 is 11.6 Å². The molecule has 0 bridgehead atoms. The fraction of sp³-hybridized carbons (Fsp3) is 0. The number of nitrogens with one attached hydrogen (secondary N) is 2. The number of hydrogen-bond acceptors (Lipinski definition) is 7. The van der Waals surface area contributed by atoms with Crippen molar-refractivity contribution in [1.29, 1.82) is 0 Å². The highest BCUT2D eigenvalue weighted by molar-refractivity contribution is 6.33. The number of nitrogen functional groups attached to an aromatic ring is 1. The van der Waals surface area contributed by atoms with E-state index in [1.807, 2.05) is 0 Å². The van der Waals surface area contributed by atoms with Crippen LogP contribution in [0.1, 0.15) is 0 Å². The van der Waals surface area contributed by atoms with Crippen LogP contribution in [0.3, 0.4) is 0 Å². The summed E-state index contributed by atoms with van der Waals surface area (Å²) in [7, 11) is 0. The molecule has 9 nitrogen and oxygen atoms in total. The van der Waals surface area contributed by atoms with Crippen LogP contribution in [0, 0.1) is 0 Å². The first-order chi connectivity index (χ1) is 9.74. The van der Waals surface area contributed by atoms with Crippen LogP contribution in [0.5, 0.6) is 0 Å². The summed E-state index contributed by atoms with van der Waals surface area (Å²) >= 11 is 5.68. The summed E-state index contributed by atoms with van der Waals surface area (Å²) < 4.78 is 0. The van der Waals surface area contributed by atoms with Gasteiger partial charge in [-0.05, 0) is 0 Å². The molecule has 20 heavy (non-hydrogen) atoms.